The zero-order valence-electron chi connectivity index (χ0n) is 8.33. The second kappa shape index (κ2) is 4.21. The van der Waals surface area contributed by atoms with Gasteiger partial charge in [-0.15, -0.1) is 0 Å². The Kier molecular flexibility index (Phi) is 3.50. The molecule has 0 amide bonds. The highest BCUT2D eigenvalue weighted by Crippen LogP contribution is 2.19. The fraction of sp³-hybridized carbons (Fsp3) is 1.00. The van der Waals surface area contributed by atoms with Gasteiger partial charge >= 0.3 is 0 Å². The van der Waals surface area contributed by atoms with E-state index in [1.54, 1.807) is 0 Å². The fourth-order valence-electron chi connectivity index (χ4n) is 1.43. The van der Waals surface area contributed by atoms with Gasteiger partial charge in [0, 0.05) is 0 Å². The summed E-state index contributed by atoms with van der Waals surface area (Å²) in [5, 5.41) is 0. The molecule has 0 aliphatic carbocycles. The molecule has 1 fully saturated rings. The fourth-order valence-corrected chi connectivity index (χ4v) is 1.43. The van der Waals surface area contributed by atoms with Crippen molar-refractivity contribution in [1.29, 1.82) is 0 Å². The van der Waals surface area contributed by atoms with E-state index in [0.29, 0.717) is 12.1 Å². The van der Waals surface area contributed by atoms with Gasteiger partial charge in [-0.1, -0.05) is 0 Å². The maximum absolute atomic E-state index is 5.56. The minimum Gasteiger partial charge on any atom is -0.374 e. The Bertz CT molecular complexity index is 138. The van der Waals surface area contributed by atoms with Crippen LogP contribution in [0.3, 0.4) is 0 Å². The van der Waals surface area contributed by atoms with Crippen LogP contribution in [-0.2, 0) is 9.57 Å². The SMILES string of the molecule is CC(C)ONC1CC(C)OC1C. The first-order valence-electron chi connectivity index (χ1n) is 4.66. The van der Waals surface area contributed by atoms with E-state index < -0.39 is 0 Å². The third-order valence-electron chi connectivity index (χ3n) is 2.05. The van der Waals surface area contributed by atoms with E-state index in [1.165, 1.54) is 0 Å². The Labute approximate surface area is 74.4 Å². The average Bonchev–Trinajstić information content (AvgIpc) is 2.26. The summed E-state index contributed by atoms with van der Waals surface area (Å²) in [4.78, 5) is 5.31. The lowest BCUT2D eigenvalue weighted by Crippen LogP contribution is -2.36. The van der Waals surface area contributed by atoms with Gasteiger partial charge in [-0.25, -0.2) is 0 Å². The van der Waals surface area contributed by atoms with Crippen LogP contribution in [0.2, 0.25) is 0 Å². The molecule has 1 rings (SSSR count). The zero-order chi connectivity index (χ0) is 9.14. The lowest BCUT2D eigenvalue weighted by Gasteiger charge is -2.17. The molecule has 0 aromatic rings. The second-order valence-electron chi connectivity index (χ2n) is 3.78. The number of ether oxygens (including phenoxy) is 1. The van der Waals surface area contributed by atoms with Gasteiger partial charge in [0.2, 0.25) is 0 Å². The molecule has 0 bridgehead atoms. The Morgan fingerprint density at radius 1 is 1.42 bits per heavy atom. The highest BCUT2D eigenvalue weighted by Gasteiger charge is 2.29. The lowest BCUT2D eigenvalue weighted by atomic mass is 10.1. The van der Waals surface area contributed by atoms with Gasteiger partial charge in [-0.3, -0.25) is 4.84 Å². The third kappa shape index (κ3) is 2.73. The number of nitrogens with one attached hydrogen (secondary N) is 1. The highest BCUT2D eigenvalue weighted by molar-refractivity contribution is 4.80. The smallest absolute Gasteiger partial charge is 0.0734 e. The maximum atomic E-state index is 5.56. The van der Waals surface area contributed by atoms with E-state index in [4.69, 9.17) is 9.57 Å². The first kappa shape index (κ1) is 9.96. The van der Waals surface area contributed by atoms with Crippen LogP contribution in [0.5, 0.6) is 0 Å². The minimum absolute atomic E-state index is 0.230. The largest absolute Gasteiger partial charge is 0.374 e. The van der Waals surface area contributed by atoms with E-state index >= 15 is 0 Å². The van der Waals surface area contributed by atoms with E-state index in [9.17, 15) is 0 Å². The van der Waals surface area contributed by atoms with Gasteiger partial charge in [0.1, 0.15) is 0 Å². The first-order valence-corrected chi connectivity index (χ1v) is 4.66. The van der Waals surface area contributed by atoms with Gasteiger partial charge in [-0.05, 0) is 34.1 Å². The third-order valence-corrected chi connectivity index (χ3v) is 2.05. The summed E-state index contributed by atoms with van der Waals surface area (Å²) < 4.78 is 5.56. The van der Waals surface area contributed by atoms with Crippen molar-refractivity contribution in [3.8, 4) is 0 Å². The molecule has 3 heteroatoms. The average molecular weight is 173 g/mol. The van der Waals surface area contributed by atoms with Gasteiger partial charge in [0.15, 0.2) is 0 Å². The molecule has 0 aromatic heterocycles. The zero-order valence-corrected chi connectivity index (χ0v) is 8.33. The second-order valence-corrected chi connectivity index (χ2v) is 3.78. The Morgan fingerprint density at radius 3 is 2.50 bits per heavy atom. The van der Waals surface area contributed by atoms with Gasteiger partial charge in [0.25, 0.3) is 0 Å². The standard InChI is InChI=1S/C9H19NO2/c1-6(2)12-10-9-5-7(3)11-8(9)4/h6-10H,5H2,1-4H3. The molecule has 1 N–H and O–H groups in total. The molecule has 1 heterocycles. The summed E-state index contributed by atoms with van der Waals surface area (Å²) in [7, 11) is 0. The van der Waals surface area contributed by atoms with Crippen molar-refractivity contribution < 1.29 is 9.57 Å². The number of rotatable bonds is 3. The summed E-state index contributed by atoms with van der Waals surface area (Å²) >= 11 is 0. The van der Waals surface area contributed by atoms with Crippen LogP contribution in [0, 0.1) is 0 Å². The first-order chi connectivity index (χ1) is 5.59. The van der Waals surface area contributed by atoms with Crippen LogP contribution in [0.15, 0.2) is 0 Å². The summed E-state index contributed by atoms with van der Waals surface area (Å²) in [6.45, 7) is 8.19. The van der Waals surface area contributed by atoms with Crippen LogP contribution in [0.4, 0.5) is 0 Å². The molecule has 1 aliphatic heterocycles. The lowest BCUT2D eigenvalue weighted by molar-refractivity contribution is -0.0407. The summed E-state index contributed by atoms with van der Waals surface area (Å²) in [5.74, 6) is 0. The molecule has 3 atom stereocenters. The molecule has 0 aromatic carbocycles. The van der Waals surface area contributed by atoms with Crippen molar-refractivity contribution in [2.75, 3.05) is 0 Å². The molecule has 1 saturated heterocycles. The molecule has 12 heavy (non-hydrogen) atoms. The molecule has 1 aliphatic rings. The van der Waals surface area contributed by atoms with Crippen molar-refractivity contribution in [3.05, 3.63) is 0 Å². The maximum Gasteiger partial charge on any atom is 0.0734 e. The van der Waals surface area contributed by atoms with E-state index in [-0.39, 0.29) is 12.2 Å². The summed E-state index contributed by atoms with van der Waals surface area (Å²) in [5.41, 5.74) is 3.04. The highest BCUT2D eigenvalue weighted by atomic mass is 16.7. The van der Waals surface area contributed by atoms with E-state index in [0.717, 1.165) is 6.42 Å². The quantitative estimate of drug-likeness (QED) is 0.656. The summed E-state index contributed by atoms with van der Waals surface area (Å²) in [6.07, 6.45) is 1.88. The topological polar surface area (TPSA) is 30.5 Å². The molecule has 72 valence electrons. The van der Waals surface area contributed by atoms with Crippen molar-refractivity contribution in [2.45, 2.75) is 58.5 Å². The summed E-state index contributed by atoms with van der Waals surface area (Å²) in [6, 6.07) is 0.349. The Morgan fingerprint density at radius 2 is 2.08 bits per heavy atom. The van der Waals surface area contributed by atoms with Gasteiger partial charge in [0.05, 0.1) is 24.4 Å². The molecule has 3 unspecified atom stereocenters. The van der Waals surface area contributed by atoms with Crippen LogP contribution in [0.1, 0.15) is 34.1 Å². The van der Waals surface area contributed by atoms with Crippen LogP contribution in [0.25, 0.3) is 0 Å². The Hall–Kier alpha value is -0.120. The monoisotopic (exact) mass is 173 g/mol. The van der Waals surface area contributed by atoms with Gasteiger partial charge in [-0.2, -0.15) is 5.48 Å². The molecule has 0 spiro atoms. The van der Waals surface area contributed by atoms with Crippen LogP contribution < -0.4 is 5.48 Å². The van der Waals surface area contributed by atoms with Crippen molar-refractivity contribution in [1.82, 2.24) is 5.48 Å². The molecule has 3 nitrogen and oxygen atoms in total. The minimum atomic E-state index is 0.230. The van der Waals surface area contributed by atoms with Crippen LogP contribution >= 0.6 is 0 Å². The predicted octanol–water partition coefficient (Wildman–Crippen LogP) is 1.48. The predicted molar refractivity (Wildman–Crippen MR) is 47.8 cm³/mol. The van der Waals surface area contributed by atoms with E-state index in [2.05, 4.69) is 19.3 Å². The molecular weight excluding hydrogens is 154 g/mol. The van der Waals surface area contributed by atoms with Crippen molar-refractivity contribution in [3.63, 3.8) is 0 Å². The number of hydroxylamine groups is 1. The molecule has 0 saturated carbocycles. The normalized spacial score (nSPS) is 36.2. The number of hydrogen-bond acceptors (Lipinski definition) is 3. The van der Waals surface area contributed by atoms with Crippen molar-refractivity contribution in [2.24, 2.45) is 0 Å². The molecular formula is C9H19NO2. The van der Waals surface area contributed by atoms with Crippen molar-refractivity contribution >= 4 is 0 Å². The van der Waals surface area contributed by atoms with E-state index in [1.807, 2.05) is 13.8 Å². The van der Waals surface area contributed by atoms with Crippen LogP contribution in [-0.4, -0.2) is 24.4 Å². The molecule has 0 radical (unpaired) electrons. The Balaban J connectivity index is 2.23. The van der Waals surface area contributed by atoms with Gasteiger partial charge < -0.3 is 4.74 Å². The number of hydrogen-bond donors (Lipinski definition) is 1.